The van der Waals surface area contributed by atoms with Crippen molar-refractivity contribution in [1.29, 1.82) is 0 Å². The monoisotopic (exact) mass is 534 g/mol. The van der Waals surface area contributed by atoms with Crippen LogP contribution < -0.4 is 16.4 Å². The fraction of sp³-hybridized carbons (Fsp3) is 0.583. The van der Waals surface area contributed by atoms with Gasteiger partial charge in [-0.3, -0.25) is 14.7 Å². The molecule has 186 valence electrons. The van der Waals surface area contributed by atoms with Gasteiger partial charge < -0.3 is 31.1 Å². The van der Waals surface area contributed by atoms with Gasteiger partial charge in [-0.25, -0.2) is 0 Å². The fourth-order valence-corrected chi connectivity index (χ4v) is 5.43. The lowest BCUT2D eigenvalue weighted by Gasteiger charge is -2.39. The number of likely N-dealkylation sites (tertiary alicyclic amines) is 1. The number of piperidine rings is 1. The Morgan fingerprint density at radius 2 is 2.18 bits per heavy atom. The molecule has 2 unspecified atom stereocenters. The molecule has 1 aromatic rings. The van der Waals surface area contributed by atoms with Gasteiger partial charge in [0.15, 0.2) is 0 Å². The summed E-state index contributed by atoms with van der Waals surface area (Å²) in [5.74, 6) is -0.0209. The van der Waals surface area contributed by atoms with E-state index in [9.17, 15) is 9.90 Å². The molecule has 4 atom stereocenters. The summed E-state index contributed by atoms with van der Waals surface area (Å²) in [6, 6.07) is 1.69. The van der Waals surface area contributed by atoms with E-state index in [0.717, 1.165) is 40.8 Å². The third-order valence-electron chi connectivity index (χ3n) is 6.64. The number of aliphatic hydroxyl groups excluding tert-OH is 1. The smallest absolute Gasteiger partial charge is 0.255 e. The number of rotatable bonds is 6. The SMILES string of the molecule is CNc1cncc(C(O)N2CCC[C@@H](NC3=C(C(=O)N4CCO[C@H](C)C4)C=C(Br)CC3N)C2)c1. The Labute approximate surface area is 209 Å². The number of ether oxygens (including phenoxy) is 1. The molecule has 0 radical (unpaired) electrons. The van der Waals surface area contributed by atoms with Crippen molar-refractivity contribution in [3.8, 4) is 0 Å². The number of nitrogens with one attached hydrogen (secondary N) is 2. The zero-order chi connectivity index (χ0) is 24.2. The van der Waals surface area contributed by atoms with E-state index in [2.05, 4.69) is 31.5 Å². The van der Waals surface area contributed by atoms with Crippen LogP contribution in [0.25, 0.3) is 0 Å². The summed E-state index contributed by atoms with van der Waals surface area (Å²) in [5.41, 5.74) is 9.54. The number of carbonyl (C=O) groups is 1. The minimum absolute atomic E-state index is 0.0173. The number of aliphatic hydroxyl groups is 1. The average molecular weight is 535 g/mol. The quantitative estimate of drug-likeness (QED) is 0.435. The number of anilines is 1. The predicted molar refractivity (Wildman–Crippen MR) is 135 cm³/mol. The predicted octanol–water partition coefficient (Wildman–Crippen LogP) is 1.68. The van der Waals surface area contributed by atoms with E-state index in [4.69, 9.17) is 10.5 Å². The lowest BCUT2D eigenvalue weighted by atomic mass is 9.95. The zero-order valence-corrected chi connectivity index (χ0v) is 21.4. The van der Waals surface area contributed by atoms with Crippen molar-refractivity contribution in [2.45, 2.75) is 50.6 Å². The molecule has 3 heterocycles. The van der Waals surface area contributed by atoms with Crippen LogP contribution in [0.2, 0.25) is 0 Å². The topological polar surface area (TPSA) is 116 Å². The minimum Gasteiger partial charge on any atom is -0.387 e. The number of halogens is 1. The summed E-state index contributed by atoms with van der Waals surface area (Å²) < 4.78 is 6.53. The summed E-state index contributed by atoms with van der Waals surface area (Å²) in [7, 11) is 1.83. The third kappa shape index (κ3) is 5.80. The third-order valence-corrected chi connectivity index (χ3v) is 7.19. The molecule has 9 nitrogen and oxygen atoms in total. The van der Waals surface area contributed by atoms with Crippen LogP contribution in [0, 0.1) is 0 Å². The Bertz CT molecular complexity index is 954. The first-order valence-electron chi connectivity index (χ1n) is 11.9. The van der Waals surface area contributed by atoms with Gasteiger partial charge in [0, 0.05) is 69.0 Å². The maximum atomic E-state index is 13.4. The highest BCUT2D eigenvalue weighted by Gasteiger charge is 2.32. The Balaban J connectivity index is 1.51. The van der Waals surface area contributed by atoms with Crippen molar-refractivity contribution >= 4 is 27.5 Å². The van der Waals surface area contributed by atoms with E-state index >= 15 is 0 Å². The van der Waals surface area contributed by atoms with E-state index in [1.165, 1.54) is 0 Å². The molecule has 10 heteroatoms. The highest BCUT2D eigenvalue weighted by Crippen LogP contribution is 2.29. The number of nitrogens with two attached hydrogens (primary N) is 1. The summed E-state index contributed by atoms with van der Waals surface area (Å²) >= 11 is 3.56. The number of morpholine rings is 1. The fourth-order valence-electron chi connectivity index (χ4n) is 4.85. The molecule has 34 heavy (non-hydrogen) atoms. The normalized spacial score (nSPS) is 27.3. The second-order valence-electron chi connectivity index (χ2n) is 9.27. The number of aromatic nitrogens is 1. The lowest BCUT2D eigenvalue weighted by molar-refractivity contribution is -0.133. The molecular formula is C24H35BrN6O3. The summed E-state index contributed by atoms with van der Waals surface area (Å²) in [5, 5.41) is 17.7. The van der Waals surface area contributed by atoms with Crippen LogP contribution in [0.5, 0.6) is 0 Å². The van der Waals surface area contributed by atoms with Gasteiger partial charge in [0.1, 0.15) is 6.23 Å². The second kappa shape index (κ2) is 11.2. The van der Waals surface area contributed by atoms with Gasteiger partial charge in [-0.15, -0.1) is 0 Å². The first-order chi connectivity index (χ1) is 16.4. The van der Waals surface area contributed by atoms with Crippen LogP contribution in [0.1, 0.15) is 38.0 Å². The van der Waals surface area contributed by atoms with Gasteiger partial charge >= 0.3 is 0 Å². The van der Waals surface area contributed by atoms with Gasteiger partial charge in [0.25, 0.3) is 5.91 Å². The van der Waals surface area contributed by atoms with E-state index in [1.807, 2.05) is 35.9 Å². The molecule has 0 saturated carbocycles. The first-order valence-corrected chi connectivity index (χ1v) is 12.7. The molecule has 0 spiro atoms. The molecule has 1 aromatic heterocycles. The molecule has 2 saturated heterocycles. The molecule has 2 aliphatic heterocycles. The van der Waals surface area contributed by atoms with E-state index in [0.29, 0.717) is 38.2 Å². The molecule has 1 aliphatic carbocycles. The van der Waals surface area contributed by atoms with E-state index in [1.54, 1.807) is 12.4 Å². The summed E-state index contributed by atoms with van der Waals surface area (Å²) in [4.78, 5) is 21.6. The number of hydrogen-bond acceptors (Lipinski definition) is 8. The number of carbonyl (C=O) groups excluding carboxylic acids is 1. The minimum atomic E-state index is -0.746. The van der Waals surface area contributed by atoms with Crippen LogP contribution >= 0.6 is 15.9 Å². The number of amides is 1. The number of nitrogens with zero attached hydrogens (tertiary/aromatic N) is 3. The van der Waals surface area contributed by atoms with Crippen molar-refractivity contribution in [3.63, 3.8) is 0 Å². The standard InChI is InChI=1S/C24H35BrN6O3/c1-15-13-31(6-7-34-15)24(33)20-9-17(25)10-21(26)22(20)29-18-4-3-5-30(14-18)23(32)16-8-19(27-2)12-28-11-16/h8-9,11-12,15,18,21,23,27,29,32H,3-7,10,13-14,26H2,1-2H3/t15-,18-,21?,23?/m1/s1. The largest absolute Gasteiger partial charge is 0.387 e. The molecule has 4 rings (SSSR count). The Hall–Kier alpha value is -1.98. The Morgan fingerprint density at radius 1 is 1.35 bits per heavy atom. The van der Waals surface area contributed by atoms with Gasteiger partial charge in [0.2, 0.25) is 0 Å². The molecule has 0 aromatic carbocycles. The Morgan fingerprint density at radius 3 is 2.94 bits per heavy atom. The van der Waals surface area contributed by atoms with E-state index in [-0.39, 0.29) is 24.1 Å². The lowest BCUT2D eigenvalue weighted by Crippen LogP contribution is -2.51. The molecule has 2 fully saturated rings. The van der Waals surface area contributed by atoms with Crippen LogP contribution in [-0.4, -0.2) is 83.8 Å². The van der Waals surface area contributed by atoms with Gasteiger partial charge in [0.05, 0.1) is 24.0 Å². The van der Waals surface area contributed by atoms with Crippen LogP contribution in [0.4, 0.5) is 5.69 Å². The molecule has 3 aliphatic rings. The highest BCUT2D eigenvalue weighted by atomic mass is 79.9. The summed E-state index contributed by atoms with van der Waals surface area (Å²) in [6.07, 6.45) is 7.11. The van der Waals surface area contributed by atoms with Crippen molar-refractivity contribution in [2.75, 3.05) is 45.2 Å². The van der Waals surface area contributed by atoms with Crippen molar-refractivity contribution < 1.29 is 14.6 Å². The first kappa shape index (κ1) is 25.1. The van der Waals surface area contributed by atoms with Crippen LogP contribution in [0.15, 0.2) is 40.3 Å². The van der Waals surface area contributed by atoms with Crippen molar-refractivity contribution in [2.24, 2.45) is 5.73 Å². The Kier molecular flexibility index (Phi) is 8.26. The molecular weight excluding hydrogens is 500 g/mol. The van der Waals surface area contributed by atoms with Gasteiger partial charge in [-0.05, 0) is 42.8 Å². The van der Waals surface area contributed by atoms with Crippen molar-refractivity contribution in [3.05, 3.63) is 45.9 Å². The maximum Gasteiger partial charge on any atom is 0.255 e. The van der Waals surface area contributed by atoms with Crippen LogP contribution in [0.3, 0.4) is 0 Å². The zero-order valence-electron chi connectivity index (χ0n) is 19.8. The molecule has 0 bridgehead atoms. The van der Waals surface area contributed by atoms with Crippen LogP contribution in [-0.2, 0) is 9.53 Å². The van der Waals surface area contributed by atoms with Gasteiger partial charge in [-0.1, -0.05) is 15.9 Å². The second-order valence-corrected chi connectivity index (χ2v) is 10.3. The number of pyridine rings is 1. The number of hydrogen-bond donors (Lipinski definition) is 4. The van der Waals surface area contributed by atoms with Gasteiger partial charge in [-0.2, -0.15) is 0 Å². The summed E-state index contributed by atoms with van der Waals surface area (Å²) in [6.45, 7) is 5.09. The molecule has 5 N–H and O–H groups in total. The van der Waals surface area contributed by atoms with Crippen molar-refractivity contribution in [1.82, 2.24) is 20.1 Å². The highest BCUT2D eigenvalue weighted by molar-refractivity contribution is 9.11. The van der Waals surface area contributed by atoms with E-state index < -0.39 is 6.23 Å². The average Bonchev–Trinajstić information content (AvgIpc) is 2.84. The maximum absolute atomic E-state index is 13.4. The molecule has 1 amide bonds.